The first-order valence-electron chi connectivity index (χ1n) is 6.67. The van der Waals surface area contributed by atoms with E-state index in [-0.39, 0.29) is 24.0 Å². The molecule has 1 heterocycles. The maximum absolute atomic E-state index is 11.8. The summed E-state index contributed by atoms with van der Waals surface area (Å²) >= 11 is 0. The number of aliphatic hydroxyl groups is 1. The molecule has 1 atom stereocenters. The van der Waals surface area contributed by atoms with Gasteiger partial charge in [0.25, 0.3) is 0 Å². The Balaban J connectivity index is 2.42. The van der Waals surface area contributed by atoms with Crippen molar-refractivity contribution < 1.29 is 14.6 Å². The van der Waals surface area contributed by atoms with Gasteiger partial charge in [0.15, 0.2) is 0 Å². The van der Waals surface area contributed by atoms with E-state index in [0.29, 0.717) is 13.2 Å². The van der Waals surface area contributed by atoms with Crippen LogP contribution in [-0.2, 0) is 9.53 Å². The van der Waals surface area contributed by atoms with Gasteiger partial charge in [0.2, 0.25) is 5.91 Å². The molecular weight excluding hydrogens is 218 g/mol. The number of aliphatic hydroxyl groups excluding tert-OH is 1. The Hall–Kier alpha value is -0.610. The maximum Gasteiger partial charge on any atom is 0.249 e. The zero-order chi connectivity index (χ0) is 12.7. The fourth-order valence-electron chi connectivity index (χ4n) is 2.35. The lowest BCUT2D eigenvalue weighted by Gasteiger charge is -2.31. The topological polar surface area (TPSA) is 58.6 Å². The maximum atomic E-state index is 11.8. The Morgan fingerprint density at radius 2 is 2.18 bits per heavy atom. The van der Waals surface area contributed by atoms with Gasteiger partial charge in [-0.2, -0.15) is 0 Å². The molecule has 1 amide bonds. The molecule has 0 aromatic carbocycles. The highest BCUT2D eigenvalue weighted by Crippen LogP contribution is 2.29. The third kappa shape index (κ3) is 3.96. The van der Waals surface area contributed by atoms with Crippen LogP contribution < -0.4 is 5.32 Å². The molecule has 1 saturated heterocycles. The summed E-state index contributed by atoms with van der Waals surface area (Å²) in [6, 6.07) is 0. The smallest absolute Gasteiger partial charge is 0.249 e. The first-order valence-corrected chi connectivity index (χ1v) is 6.67. The van der Waals surface area contributed by atoms with Gasteiger partial charge >= 0.3 is 0 Å². The summed E-state index contributed by atoms with van der Waals surface area (Å²) in [5.41, 5.74) is 0.0308. The van der Waals surface area contributed by atoms with E-state index in [0.717, 1.165) is 32.1 Å². The number of rotatable bonds is 7. The van der Waals surface area contributed by atoms with E-state index in [1.54, 1.807) is 0 Å². The molecule has 1 unspecified atom stereocenters. The number of ether oxygens (including phenoxy) is 1. The number of nitrogens with one attached hydrogen (secondary N) is 1. The monoisotopic (exact) mass is 243 g/mol. The second-order valence-electron chi connectivity index (χ2n) is 4.90. The van der Waals surface area contributed by atoms with Crippen LogP contribution in [0.15, 0.2) is 0 Å². The van der Waals surface area contributed by atoms with Crippen molar-refractivity contribution in [2.24, 2.45) is 5.41 Å². The number of hydrogen-bond acceptors (Lipinski definition) is 3. The van der Waals surface area contributed by atoms with Gasteiger partial charge in [0.1, 0.15) is 6.10 Å². The lowest BCUT2D eigenvalue weighted by molar-refractivity contribution is -0.130. The summed E-state index contributed by atoms with van der Waals surface area (Å²) in [6.07, 6.45) is 4.23. The molecule has 1 rings (SSSR count). The second kappa shape index (κ2) is 6.97. The first kappa shape index (κ1) is 14.5. The quantitative estimate of drug-likeness (QED) is 0.712. The molecule has 4 nitrogen and oxygen atoms in total. The van der Waals surface area contributed by atoms with Crippen molar-refractivity contribution in [2.45, 2.75) is 52.1 Å². The van der Waals surface area contributed by atoms with Crippen molar-refractivity contribution >= 4 is 5.91 Å². The molecule has 2 N–H and O–H groups in total. The van der Waals surface area contributed by atoms with E-state index in [1.165, 1.54) is 0 Å². The summed E-state index contributed by atoms with van der Waals surface area (Å²) in [4.78, 5) is 11.8. The van der Waals surface area contributed by atoms with Crippen molar-refractivity contribution in [2.75, 3.05) is 19.8 Å². The number of hydrogen-bond donors (Lipinski definition) is 2. The van der Waals surface area contributed by atoms with E-state index in [9.17, 15) is 4.79 Å². The number of carbonyl (C=O) groups excluding carboxylic acids is 1. The molecule has 1 aliphatic heterocycles. The van der Waals surface area contributed by atoms with E-state index < -0.39 is 0 Å². The van der Waals surface area contributed by atoms with Gasteiger partial charge in [-0.05, 0) is 37.5 Å². The number of carbonyl (C=O) groups is 1. The van der Waals surface area contributed by atoms with E-state index in [4.69, 9.17) is 9.84 Å². The van der Waals surface area contributed by atoms with Crippen LogP contribution in [0, 0.1) is 5.41 Å². The molecule has 0 radical (unpaired) electrons. The predicted molar refractivity (Wildman–Crippen MR) is 66.7 cm³/mol. The summed E-state index contributed by atoms with van der Waals surface area (Å²) in [5, 5.41) is 12.1. The van der Waals surface area contributed by atoms with Gasteiger partial charge in [0, 0.05) is 19.8 Å². The molecule has 0 aliphatic carbocycles. The fourth-order valence-corrected chi connectivity index (χ4v) is 2.35. The zero-order valence-corrected chi connectivity index (χ0v) is 11.0. The molecule has 4 heteroatoms. The molecule has 17 heavy (non-hydrogen) atoms. The Morgan fingerprint density at radius 1 is 1.47 bits per heavy atom. The minimum atomic E-state index is -0.254. The molecule has 1 fully saturated rings. The summed E-state index contributed by atoms with van der Waals surface area (Å²) in [5.74, 6) is 0.00622. The van der Waals surface area contributed by atoms with Crippen LogP contribution in [-0.4, -0.2) is 36.9 Å². The standard InChI is InChI=1S/C13H25NO3/c1-3-13(4-2,7-8-15)10-14-12(16)11-6-5-9-17-11/h11,15H,3-10H2,1-2H3,(H,14,16). The minimum absolute atomic E-state index is 0.00622. The highest BCUT2D eigenvalue weighted by atomic mass is 16.5. The Labute approximate surface area is 104 Å². The van der Waals surface area contributed by atoms with Crippen molar-refractivity contribution in [3.05, 3.63) is 0 Å². The largest absolute Gasteiger partial charge is 0.396 e. The van der Waals surface area contributed by atoms with Crippen LogP contribution in [0.4, 0.5) is 0 Å². The van der Waals surface area contributed by atoms with Crippen LogP contribution in [0.5, 0.6) is 0 Å². The second-order valence-corrected chi connectivity index (χ2v) is 4.90. The van der Waals surface area contributed by atoms with Crippen LogP contribution in [0.1, 0.15) is 46.0 Å². The zero-order valence-electron chi connectivity index (χ0n) is 11.0. The normalized spacial score (nSPS) is 20.5. The average molecular weight is 243 g/mol. The molecule has 0 bridgehead atoms. The predicted octanol–water partition coefficient (Wildman–Crippen LogP) is 1.47. The Kier molecular flexibility index (Phi) is 5.92. The van der Waals surface area contributed by atoms with Crippen LogP contribution in [0.25, 0.3) is 0 Å². The average Bonchev–Trinajstić information content (AvgIpc) is 2.88. The van der Waals surface area contributed by atoms with E-state index in [2.05, 4.69) is 19.2 Å². The molecule has 1 aliphatic rings. The lowest BCUT2D eigenvalue weighted by atomic mass is 9.79. The SMILES string of the molecule is CCC(CC)(CCO)CNC(=O)C1CCCO1. The third-order valence-corrected chi connectivity index (χ3v) is 4.00. The molecule has 0 aromatic rings. The molecule has 0 aromatic heterocycles. The highest BCUT2D eigenvalue weighted by molar-refractivity contribution is 5.80. The van der Waals surface area contributed by atoms with Gasteiger partial charge in [-0.3, -0.25) is 4.79 Å². The van der Waals surface area contributed by atoms with Gasteiger partial charge in [-0.15, -0.1) is 0 Å². The van der Waals surface area contributed by atoms with Gasteiger partial charge in [-0.1, -0.05) is 13.8 Å². The van der Waals surface area contributed by atoms with Crippen molar-refractivity contribution in [3.8, 4) is 0 Å². The van der Waals surface area contributed by atoms with Gasteiger partial charge in [0.05, 0.1) is 0 Å². The summed E-state index contributed by atoms with van der Waals surface area (Å²) in [7, 11) is 0. The minimum Gasteiger partial charge on any atom is -0.396 e. The third-order valence-electron chi connectivity index (χ3n) is 4.00. The van der Waals surface area contributed by atoms with Gasteiger partial charge < -0.3 is 15.2 Å². The van der Waals surface area contributed by atoms with E-state index >= 15 is 0 Å². The molecule has 100 valence electrons. The first-order chi connectivity index (χ1) is 8.17. The van der Waals surface area contributed by atoms with Crippen LogP contribution in [0.3, 0.4) is 0 Å². The van der Waals surface area contributed by atoms with Crippen molar-refractivity contribution in [3.63, 3.8) is 0 Å². The van der Waals surface area contributed by atoms with Gasteiger partial charge in [-0.25, -0.2) is 0 Å². The summed E-state index contributed by atoms with van der Waals surface area (Å²) < 4.78 is 5.35. The van der Waals surface area contributed by atoms with E-state index in [1.807, 2.05) is 0 Å². The molecule has 0 spiro atoms. The molecule has 0 saturated carbocycles. The summed E-state index contributed by atoms with van der Waals surface area (Å²) in [6.45, 7) is 5.73. The Bertz CT molecular complexity index is 233. The number of amides is 1. The van der Waals surface area contributed by atoms with Crippen molar-refractivity contribution in [1.82, 2.24) is 5.32 Å². The Morgan fingerprint density at radius 3 is 2.65 bits per heavy atom. The van der Waals surface area contributed by atoms with Crippen LogP contribution in [0.2, 0.25) is 0 Å². The highest BCUT2D eigenvalue weighted by Gasteiger charge is 2.29. The lowest BCUT2D eigenvalue weighted by Crippen LogP contribution is -2.42. The van der Waals surface area contributed by atoms with Crippen LogP contribution >= 0.6 is 0 Å². The van der Waals surface area contributed by atoms with Crippen molar-refractivity contribution in [1.29, 1.82) is 0 Å². The fraction of sp³-hybridized carbons (Fsp3) is 0.923. The molecular formula is C13H25NO3.